The molecular weight excluding hydrogens is 1050 g/mol. The molecule has 0 heterocycles. The summed E-state index contributed by atoms with van der Waals surface area (Å²) in [5.74, 6) is -0.586. The van der Waals surface area contributed by atoms with Crippen molar-refractivity contribution in [3.63, 3.8) is 0 Å². The first-order valence-electron chi connectivity index (χ1n) is 33.5. The van der Waals surface area contributed by atoms with Crippen LogP contribution >= 0.6 is 7.82 Å². The Hall–Kier alpha value is -3.85. The fourth-order valence-corrected chi connectivity index (χ4v) is 9.67. The third-order valence-electron chi connectivity index (χ3n) is 14.1. The molecule has 0 bridgehead atoms. The van der Waals surface area contributed by atoms with Crippen molar-refractivity contribution in [1.29, 1.82) is 0 Å². The van der Waals surface area contributed by atoms with Crippen LogP contribution in [-0.2, 0) is 27.9 Å². The van der Waals surface area contributed by atoms with E-state index < -0.39 is 20.0 Å². The molecule has 0 aromatic carbocycles. The highest BCUT2D eigenvalue weighted by Crippen LogP contribution is 2.43. The predicted molar refractivity (Wildman–Crippen MR) is 359 cm³/mol. The zero-order chi connectivity index (χ0) is 60.7. The number of hydrogen-bond donors (Lipinski definition) is 2. The summed E-state index contributed by atoms with van der Waals surface area (Å²) in [6.07, 6.45) is 87.5. The van der Waals surface area contributed by atoms with Crippen LogP contribution in [0.5, 0.6) is 0 Å². The first-order valence-corrected chi connectivity index (χ1v) is 35.0. The van der Waals surface area contributed by atoms with Gasteiger partial charge < -0.3 is 19.4 Å². The monoisotopic (exact) mass is 1170 g/mol. The number of unbranched alkanes of at least 4 members (excludes halogenated alkanes) is 23. The highest BCUT2D eigenvalue weighted by Gasteiger charge is 2.30. The molecule has 10 heteroatoms. The topological polar surface area (TPSA) is 111 Å². The van der Waals surface area contributed by atoms with Gasteiger partial charge in [0.05, 0.1) is 33.8 Å². The van der Waals surface area contributed by atoms with E-state index in [-0.39, 0.29) is 37.9 Å². The molecule has 0 spiro atoms. The molecule has 0 aromatic rings. The van der Waals surface area contributed by atoms with Gasteiger partial charge in [-0.2, -0.15) is 0 Å². The Bertz CT molecular complexity index is 1880. The fraction of sp³-hybridized carbons (Fsp3) is 0.671. The van der Waals surface area contributed by atoms with Gasteiger partial charge in [-0.05, 0) is 122 Å². The number of carbonyl (C=O) groups is 2. The van der Waals surface area contributed by atoms with Crippen LogP contribution in [0, 0.1) is 0 Å². The lowest BCUT2D eigenvalue weighted by molar-refractivity contribution is -0.870. The minimum Gasteiger partial charge on any atom is -0.456 e. The van der Waals surface area contributed by atoms with Gasteiger partial charge in [-0.3, -0.25) is 18.6 Å². The fourth-order valence-electron chi connectivity index (χ4n) is 8.94. The van der Waals surface area contributed by atoms with E-state index in [0.29, 0.717) is 23.9 Å². The molecule has 0 saturated heterocycles. The number of carbonyl (C=O) groups excluding carboxylic acids is 2. The number of amides is 1. The van der Waals surface area contributed by atoms with Crippen molar-refractivity contribution in [2.45, 2.75) is 277 Å². The van der Waals surface area contributed by atoms with E-state index in [1.165, 1.54) is 109 Å². The van der Waals surface area contributed by atoms with E-state index in [1.54, 1.807) is 0 Å². The SMILES string of the molecule is CC/C=C\C/C=C\C/C=C\C/C=C\C/C=C\C/C=C\CCCCCCCCCCC(=O)OC(/C=C\CCCCCCCCCCCCC)C(COP(=O)(O)OCC[N+](C)(C)C)NC(=O)CCC/C=C\C/C=C\C/C=C\C/C=C\CCCCC. The summed E-state index contributed by atoms with van der Waals surface area (Å²) in [4.78, 5) is 37.8. The van der Waals surface area contributed by atoms with Gasteiger partial charge in [0, 0.05) is 12.8 Å². The van der Waals surface area contributed by atoms with E-state index in [2.05, 4.69) is 148 Å². The zero-order valence-corrected chi connectivity index (χ0v) is 55.0. The molecule has 83 heavy (non-hydrogen) atoms. The number of rotatable bonds is 59. The van der Waals surface area contributed by atoms with Crippen LogP contribution in [0.1, 0.15) is 265 Å². The van der Waals surface area contributed by atoms with Gasteiger partial charge in [-0.1, -0.05) is 264 Å². The quantitative estimate of drug-likeness (QED) is 0.0205. The average molecular weight is 1170 g/mol. The number of quaternary nitrogens is 1. The number of allylic oxidation sites excluding steroid dienone is 21. The van der Waals surface area contributed by atoms with Crippen molar-refractivity contribution >= 4 is 19.7 Å². The second kappa shape index (κ2) is 61.2. The molecule has 3 atom stereocenters. The van der Waals surface area contributed by atoms with E-state index in [1.807, 2.05) is 33.3 Å². The van der Waals surface area contributed by atoms with Crippen molar-refractivity contribution < 1.29 is 37.3 Å². The van der Waals surface area contributed by atoms with Crippen LogP contribution < -0.4 is 5.32 Å². The molecular formula is C73H126N2O7P+. The van der Waals surface area contributed by atoms with Crippen LogP contribution in [0.25, 0.3) is 0 Å². The van der Waals surface area contributed by atoms with Gasteiger partial charge in [-0.25, -0.2) is 4.57 Å². The number of nitrogens with zero attached hydrogens (tertiary/aromatic N) is 1. The number of nitrogens with one attached hydrogen (secondary N) is 1. The van der Waals surface area contributed by atoms with Crippen molar-refractivity contribution in [1.82, 2.24) is 5.32 Å². The zero-order valence-electron chi connectivity index (χ0n) is 54.1. The summed E-state index contributed by atoms with van der Waals surface area (Å²) in [5.41, 5.74) is 0. The van der Waals surface area contributed by atoms with E-state index in [9.17, 15) is 19.0 Å². The van der Waals surface area contributed by atoms with E-state index in [0.717, 1.165) is 109 Å². The summed E-state index contributed by atoms with van der Waals surface area (Å²) >= 11 is 0. The van der Waals surface area contributed by atoms with Gasteiger partial charge in [0.1, 0.15) is 19.3 Å². The molecule has 0 aliphatic carbocycles. The normalized spacial score (nSPS) is 14.4. The third-order valence-corrected chi connectivity index (χ3v) is 15.1. The average Bonchev–Trinajstić information content (AvgIpc) is 3.47. The second-order valence-corrected chi connectivity index (χ2v) is 24.7. The third kappa shape index (κ3) is 62.5. The Morgan fingerprint density at radius 3 is 1.20 bits per heavy atom. The number of ether oxygens (including phenoxy) is 1. The Labute approximate surface area is 511 Å². The lowest BCUT2D eigenvalue weighted by Crippen LogP contribution is -2.47. The molecule has 0 aliphatic heterocycles. The largest absolute Gasteiger partial charge is 0.472 e. The molecule has 0 saturated carbocycles. The standard InChI is InChI=1S/C73H125N2O7P/c1-7-10-13-16-19-22-25-28-30-32-33-34-35-36-37-38-39-40-41-43-45-48-51-54-57-60-63-66-73(77)82-71(64-61-58-55-52-49-46-27-24-21-18-15-12-9-3)70(69-81-83(78,79)80-68-67-75(4,5)6)74-72(76)65-62-59-56-53-50-47-44-42-31-29-26-23-20-17-14-11-8-2/h10,13,19-20,22-23,28-31,33-34,36-37,39-40,44,47,53,56,61,64,70-71H,7-9,11-12,14-18,21,24-27,32,35,38,41-43,45-46,48-52,54-55,57-60,62-63,65-69H2,1-6H3,(H-,74,76,78,79)/p+1/b13-10-,22-19-,23-20-,30-28-,31-29-,34-33-,37-36-,40-39-,47-44-,56-53-,64-61-. The minimum atomic E-state index is -4.48. The predicted octanol–water partition coefficient (Wildman–Crippen LogP) is 21.2. The van der Waals surface area contributed by atoms with Crippen molar-refractivity contribution in [3.05, 3.63) is 134 Å². The molecule has 0 radical (unpaired) electrons. The maximum atomic E-state index is 13.6. The van der Waals surface area contributed by atoms with Crippen LogP contribution in [0.15, 0.2) is 134 Å². The van der Waals surface area contributed by atoms with Crippen molar-refractivity contribution in [3.8, 4) is 0 Å². The van der Waals surface area contributed by atoms with Crippen LogP contribution in [0.3, 0.4) is 0 Å². The summed E-state index contributed by atoms with van der Waals surface area (Å²) in [6.45, 7) is 6.82. The number of likely N-dealkylation sites (N-methyl/N-ethyl adjacent to an activating group) is 1. The molecule has 1 amide bonds. The smallest absolute Gasteiger partial charge is 0.456 e. The van der Waals surface area contributed by atoms with Crippen molar-refractivity contribution in [2.75, 3.05) is 40.9 Å². The highest BCUT2D eigenvalue weighted by molar-refractivity contribution is 7.47. The molecule has 3 unspecified atom stereocenters. The molecule has 0 rings (SSSR count). The highest BCUT2D eigenvalue weighted by atomic mass is 31.2. The van der Waals surface area contributed by atoms with E-state index in [4.69, 9.17) is 13.8 Å². The first kappa shape index (κ1) is 79.2. The summed E-state index contributed by atoms with van der Waals surface area (Å²) in [7, 11) is 1.44. The number of hydrogen-bond acceptors (Lipinski definition) is 6. The van der Waals surface area contributed by atoms with Gasteiger partial charge >= 0.3 is 13.8 Å². The number of phosphoric ester groups is 1. The Balaban J connectivity index is 5.24. The molecule has 2 N–H and O–H groups in total. The number of esters is 1. The molecule has 0 aliphatic rings. The Kier molecular flexibility index (Phi) is 58.4. The lowest BCUT2D eigenvalue weighted by Gasteiger charge is -2.27. The van der Waals surface area contributed by atoms with Crippen LogP contribution in [-0.4, -0.2) is 74.3 Å². The summed E-state index contributed by atoms with van der Waals surface area (Å²) in [6, 6.07) is -0.890. The second-order valence-electron chi connectivity index (χ2n) is 23.3. The molecule has 474 valence electrons. The molecule has 9 nitrogen and oxygen atoms in total. The first-order chi connectivity index (χ1) is 40.4. The molecule has 0 fully saturated rings. The van der Waals surface area contributed by atoms with Crippen molar-refractivity contribution in [2.24, 2.45) is 0 Å². The molecule has 0 aromatic heterocycles. The summed E-state index contributed by atoms with van der Waals surface area (Å²) in [5, 5.41) is 3.02. The van der Waals surface area contributed by atoms with Crippen LogP contribution in [0.2, 0.25) is 0 Å². The Morgan fingerprint density at radius 1 is 0.434 bits per heavy atom. The van der Waals surface area contributed by atoms with E-state index >= 15 is 0 Å². The number of phosphoric acid groups is 1. The maximum absolute atomic E-state index is 13.6. The van der Waals surface area contributed by atoms with Gasteiger partial charge in [-0.15, -0.1) is 0 Å². The summed E-state index contributed by atoms with van der Waals surface area (Å²) < 4.78 is 30.7. The lowest BCUT2D eigenvalue weighted by atomic mass is 10.0. The Morgan fingerprint density at radius 2 is 0.783 bits per heavy atom. The van der Waals surface area contributed by atoms with Gasteiger partial charge in [0.25, 0.3) is 0 Å². The maximum Gasteiger partial charge on any atom is 0.472 e. The van der Waals surface area contributed by atoms with Gasteiger partial charge in [0.2, 0.25) is 5.91 Å². The van der Waals surface area contributed by atoms with Crippen LogP contribution in [0.4, 0.5) is 0 Å². The van der Waals surface area contributed by atoms with Gasteiger partial charge in [0.15, 0.2) is 0 Å². The minimum absolute atomic E-state index is 0.0220.